The zero-order chi connectivity index (χ0) is 54.3. The van der Waals surface area contributed by atoms with Crippen LogP contribution in [0.3, 0.4) is 0 Å². The molecule has 5 N–H and O–H groups in total. The molecule has 0 unspecified atom stereocenters. The molecular formula is C54H71ClN12O7S2. The number of hydrogen-bond acceptors (Lipinski definition) is 16. The standard InChI is InChI=1S/C54H71ClN12O7S2/c1-35-49(75-34-58-35)38-14-12-36(13-15-38)29-56-47(69)28-40-26-41(68)32-67(40)52(71)50(54(2,3)4)61-48(70)33-65-24-22-64(23-25-65)31-37-18-20-66(21-19-37)39-16-17-44(46(27-39)74-6)60-53-57-30-42(55)51(62-53)59-43-10-8-9-11-45(43)63(5)76(7,72)73/h8-17,27,30,34,37,40-41,50,68H,18-26,28-29,31-33H2,1-7H3,(H,56,69)(H,61,70)(H2,57,59,60,62)/t40-,41-,50-/m1/s1. The van der Waals surface area contributed by atoms with Crippen molar-refractivity contribution < 1.29 is 32.6 Å². The van der Waals surface area contributed by atoms with E-state index >= 15 is 0 Å². The van der Waals surface area contributed by atoms with Gasteiger partial charge in [-0.3, -0.25) is 23.6 Å². The van der Waals surface area contributed by atoms with Crippen molar-refractivity contribution in [1.82, 2.24) is 40.3 Å². The predicted molar refractivity (Wildman–Crippen MR) is 300 cm³/mol. The number of β-amino-alcohol motifs (C(OH)–C–C–N with tert-alkyl or cyclic N) is 1. The number of methoxy groups -OCH3 is 1. The average Bonchev–Trinajstić information content (AvgIpc) is 4.00. The van der Waals surface area contributed by atoms with Crippen LogP contribution < -0.4 is 35.2 Å². The van der Waals surface area contributed by atoms with Crippen LogP contribution in [0, 0.1) is 18.3 Å². The molecule has 3 saturated heterocycles. The first-order chi connectivity index (χ1) is 36.2. The summed E-state index contributed by atoms with van der Waals surface area (Å²) >= 11 is 8.09. The highest BCUT2D eigenvalue weighted by atomic mass is 35.5. The Morgan fingerprint density at radius 3 is 2.32 bits per heavy atom. The molecule has 2 aromatic heterocycles. The van der Waals surface area contributed by atoms with E-state index in [1.807, 2.05) is 69.6 Å². The van der Waals surface area contributed by atoms with E-state index < -0.39 is 33.6 Å². The lowest BCUT2D eigenvalue weighted by atomic mass is 9.85. The number of carbonyl (C=O) groups is 3. The number of aromatic nitrogens is 3. The van der Waals surface area contributed by atoms with Gasteiger partial charge in [-0.25, -0.2) is 18.4 Å². The number of rotatable bonds is 19. The molecule has 0 bridgehead atoms. The summed E-state index contributed by atoms with van der Waals surface area (Å²) in [4.78, 5) is 64.1. The second-order valence-corrected chi connectivity index (χ2v) is 24.4. The molecule has 3 aromatic carbocycles. The number of carbonyl (C=O) groups excluding carboxylic acids is 3. The van der Waals surface area contributed by atoms with E-state index in [4.69, 9.17) is 16.3 Å². The number of aryl methyl sites for hydroxylation is 1. The summed E-state index contributed by atoms with van der Waals surface area (Å²) in [6, 6.07) is 19.7. The third kappa shape index (κ3) is 14.3. The number of piperidine rings is 1. The third-order valence-electron chi connectivity index (χ3n) is 14.5. The third-order valence-corrected chi connectivity index (χ3v) is 16.9. The molecule has 8 rings (SSSR count). The normalized spacial score (nSPS) is 18.3. The summed E-state index contributed by atoms with van der Waals surface area (Å²) in [5.74, 6) is 0.999. The maximum Gasteiger partial charge on any atom is 0.246 e. The van der Waals surface area contributed by atoms with Crippen molar-refractivity contribution in [2.24, 2.45) is 11.3 Å². The molecule has 76 heavy (non-hydrogen) atoms. The molecule has 3 atom stereocenters. The number of nitrogens with one attached hydrogen (secondary N) is 4. The highest BCUT2D eigenvalue weighted by Gasteiger charge is 2.43. The van der Waals surface area contributed by atoms with Crippen molar-refractivity contribution in [2.75, 3.05) is 99.2 Å². The summed E-state index contributed by atoms with van der Waals surface area (Å²) in [5, 5.41) is 23.4. The first-order valence-corrected chi connectivity index (χ1v) is 28.8. The van der Waals surface area contributed by atoms with Crippen molar-refractivity contribution >= 4 is 85.2 Å². The number of nitrogens with zero attached hydrogens (tertiary/aromatic N) is 8. The van der Waals surface area contributed by atoms with Crippen molar-refractivity contribution in [1.29, 1.82) is 0 Å². The molecular weight excluding hydrogens is 1030 g/mol. The first-order valence-electron chi connectivity index (χ1n) is 25.7. The Morgan fingerprint density at radius 1 is 0.934 bits per heavy atom. The van der Waals surface area contributed by atoms with Gasteiger partial charge in [-0.1, -0.05) is 68.8 Å². The molecule has 22 heteroatoms. The van der Waals surface area contributed by atoms with Crippen molar-refractivity contribution in [2.45, 2.75) is 78.1 Å². The van der Waals surface area contributed by atoms with Gasteiger partial charge in [0.15, 0.2) is 5.82 Å². The van der Waals surface area contributed by atoms with Crippen LogP contribution in [0.1, 0.15) is 57.7 Å². The van der Waals surface area contributed by atoms with E-state index in [2.05, 4.69) is 57.0 Å². The summed E-state index contributed by atoms with van der Waals surface area (Å²) in [6.07, 6.45) is 4.26. The molecule has 3 amide bonds. The number of para-hydroxylation sites is 2. The van der Waals surface area contributed by atoms with Crippen LogP contribution in [0.4, 0.5) is 34.5 Å². The van der Waals surface area contributed by atoms with Crippen LogP contribution in [0.15, 0.2) is 78.4 Å². The summed E-state index contributed by atoms with van der Waals surface area (Å²) in [7, 11) is -0.420. The largest absolute Gasteiger partial charge is 0.494 e. The average molecular weight is 1100 g/mol. The van der Waals surface area contributed by atoms with Crippen molar-refractivity contribution in [3.8, 4) is 16.2 Å². The topological polar surface area (TPSA) is 218 Å². The Kier molecular flexibility index (Phi) is 18.1. The van der Waals surface area contributed by atoms with Gasteiger partial charge in [0.05, 0.1) is 65.4 Å². The quantitative estimate of drug-likeness (QED) is 0.0598. The fourth-order valence-electron chi connectivity index (χ4n) is 10.1. The van der Waals surface area contributed by atoms with Gasteiger partial charge in [0.25, 0.3) is 0 Å². The van der Waals surface area contributed by atoms with E-state index in [0.29, 0.717) is 41.1 Å². The summed E-state index contributed by atoms with van der Waals surface area (Å²) in [6.45, 7) is 14.3. The van der Waals surface area contributed by atoms with Gasteiger partial charge < -0.3 is 45.8 Å². The van der Waals surface area contributed by atoms with Crippen LogP contribution in [0.5, 0.6) is 5.75 Å². The fourth-order valence-corrected chi connectivity index (χ4v) is 11.5. The Labute approximate surface area is 455 Å². The van der Waals surface area contributed by atoms with Crippen LogP contribution >= 0.6 is 22.9 Å². The molecule has 408 valence electrons. The summed E-state index contributed by atoms with van der Waals surface area (Å²) in [5.41, 5.74) is 6.88. The number of anilines is 6. The molecule has 0 aliphatic carbocycles. The molecule has 3 aliphatic rings. The second-order valence-electron chi connectivity index (χ2n) is 21.1. The summed E-state index contributed by atoms with van der Waals surface area (Å²) < 4.78 is 31.6. The van der Waals surface area contributed by atoms with E-state index in [-0.39, 0.29) is 54.6 Å². The Bertz CT molecular complexity index is 2940. The Morgan fingerprint density at radius 2 is 1.64 bits per heavy atom. The number of amides is 3. The molecule has 5 heterocycles. The molecule has 0 saturated carbocycles. The number of thiazole rings is 1. The highest BCUT2D eigenvalue weighted by Crippen LogP contribution is 2.36. The van der Waals surface area contributed by atoms with E-state index in [9.17, 15) is 27.9 Å². The minimum Gasteiger partial charge on any atom is -0.494 e. The van der Waals surface area contributed by atoms with Crippen LogP contribution in [-0.2, 0) is 31.0 Å². The number of aliphatic hydroxyl groups excluding tert-OH is 1. The number of halogens is 1. The molecule has 3 fully saturated rings. The van der Waals surface area contributed by atoms with Gasteiger partial charge in [-0.2, -0.15) is 4.98 Å². The maximum absolute atomic E-state index is 14.2. The number of ether oxygens (including phenoxy) is 1. The van der Waals surface area contributed by atoms with Gasteiger partial charge in [0, 0.05) is 90.2 Å². The first kappa shape index (κ1) is 56.1. The maximum atomic E-state index is 14.2. The highest BCUT2D eigenvalue weighted by molar-refractivity contribution is 7.92. The van der Waals surface area contributed by atoms with Crippen molar-refractivity contribution in [3.05, 3.63) is 94.7 Å². The SMILES string of the molecule is COc1cc(N2CCC(CN3CCN(CC(=O)N[C@H](C(=O)N4C[C@H](O)C[C@@H]4CC(=O)NCc4ccc(-c5scnc5C)cc4)C(C)(C)C)CC3)CC2)ccc1Nc1ncc(Cl)c(Nc2ccccc2N(C)S(C)(=O)=O)n1. The molecule has 5 aromatic rings. The van der Waals surface area contributed by atoms with Gasteiger partial charge in [0.2, 0.25) is 33.7 Å². The number of piperazine rings is 1. The minimum absolute atomic E-state index is 0.0523. The zero-order valence-corrected chi connectivity index (χ0v) is 46.8. The number of sulfonamides is 1. The predicted octanol–water partition coefficient (Wildman–Crippen LogP) is 6.49. The molecule has 3 aliphatic heterocycles. The smallest absolute Gasteiger partial charge is 0.246 e. The van der Waals surface area contributed by atoms with E-state index in [0.717, 1.165) is 92.3 Å². The second kappa shape index (κ2) is 24.5. The molecule has 19 nitrogen and oxygen atoms in total. The van der Waals surface area contributed by atoms with E-state index in [1.165, 1.54) is 17.5 Å². The van der Waals surface area contributed by atoms with Crippen LogP contribution in [-0.4, -0.2) is 158 Å². The molecule has 0 spiro atoms. The van der Waals surface area contributed by atoms with Gasteiger partial charge in [-0.05, 0) is 72.9 Å². The minimum atomic E-state index is -3.52. The number of likely N-dealkylation sites (tertiary alicyclic amines) is 1. The molecule has 0 radical (unpaired) electrons. The van der Waals surface area contributed by atoms with Gasteiger partial charge in [-0.15, -0.1) is 11.3 Å². The lowest BCUT2D eigenvalue weighted by Crippen LogP contribution is -2.58. The van der Waals surface area contributed by atoms with Gasteiger partial charge in [0.1, 0.15) is 16.8 Å². The van der Waals surface area contributed by atoms with Crippen LogP contribution in [0.25, 0.3) is 10.4 Å². The van der Waals surface area contributed by atoms with Crippen LogP contribution in [0.2, 0.25) is 5.02 Å². The zero-order valence-electron chi connectivity index (χ0n) is 44.4. The number of benzene rings is 3. The number of aliphatic hydroxyl groups is 1. The fraction of sp³-hybridized carbons (Fsp3) is 0.481. The van der Waals surface area contributed by atoms with Crippen molar-refractivity contribution in [3.63, 3.8) is 0 Å². The monoisotopic (exact) mass is 1100 g/mol. The Balaban J connectivity index is 0.772. The lowest BCUT2D eigenvalue weighted by molar-refractivity contribution is -0.141. The Hall–Kier alpha value is -6.10. The number of hydrogen-bond donors (Lipinski definition) is 5. The van der Waals surface area contributed by atoms with E-state index in [1.54, 1.807) is 47.6 Å². The lowest BCUT2D eigenvalue weighted by Gasteiger charge is -2.39. The van der Waals surface area contributed by atoms with Gasteiger partial charge >= 0.3 is 0 Å².